The highest BCUT2D eigenvalue weighted by atomic mass is 15.1. The van der Waals surface area contributed by atoms with Gasteiger partial charge < -0.3 is 10.6 Å². The summed E-state index contributed by atoms with van der Waals surface area (Å²) in [5.41, 5.74) is 5.17. The first-order valence-corrected chi connectivity index (χ1v) is 4.66. The molecule has 1 heterocycles. The quantitative estimate of drug-likeness (QED) is 0.606. The molecule has 2 nitrogen and oxygen atoms in total. The molecule has 1 aliphatic rings. The molecule has 2 unspecified atom stereocenters. The van der Waals surface area contributed by atoms with Gasteiger partial charge in [-0.25, -0.2) is 0 Å². The van der Waals surface area contributed by atoms with Crippen molar-refractivity contribution in [3.05, 3.63) is 12.7 Å². The molecule has 0 aliphatic carbocycles. The molecule has 1 saturated heterocycles. The molecule has 72 valence electrons. The van der Waals surface area contributed by atoms with Gasteiger partial charge in [0, 0.05) is 12.1 Å². The number of hydrogen-bond donors (Lipinski definition) is 1. The molecule has 2 N–H and O–H groups in total. The van der Waals surface area contributed by atoms with E-state index in [0.717, 1.165) is 6.04 Å². The summed E-state index contributed by atoms with van der Waals surface area (Å²) >= 11 is 0. The van der Waals surface area contributed by atoms with Gasteiger partial charge >= 0.3 is 0 Å². The van der Waals surface area contributed by atoms with E-state index >= 15 is 0 Å². The first-order valence-electron chi connectivity index (χ1n) is 4.66. The number of rotatable bonds is 1. The molecule has 0 spiro atoms. The van der Waals surface area contributed by atoms with Gasteiger partial charge in [0.05, 0.1) is 0 Å². The molecule has 0 aromatic heterocycles. The monoisotopic (exact) mass is 170 g/mol. The van der Waals surface area contributed by atoms with Gasteiger partial charge in [-0.15, -0.1) is 6.58 Å². The average molecular weight is 170 g/mol. The Morgan fingerprint density at radius 3 is 2.25 bits per heavy atom. The second-order valence-electron chi connectivity index (χ2n) is 3.57. The van der Waals surface area contributed by atoms with Crippen molar-refractivity contribution in [2.45, 2.75) is 38.8 Å². The van der Waals surface area contributed by atoms with Crippen LogP contribution in [0.4, 0.5) is 0 Å². The van der Waals surface area contributed by atoms with Crippen LogP contribution in [0.5, 0.6) is 0 Å². The van der Waals surface area contributed by atoms with Crippen LogP contribution >= 0.6 is 0 Å². The highest BCUT2D eigenvalue weighted by Gasteiger charge is 2.14. The van der Waals surface area contributed by atoms with Crippen molar-refractivity contribution in [2.75, 3.05) is 13.6 Å². The molecular weight excluding hydrogens is 148 g/mol. The second-order valence-corrected chi connectivity index (χ2v) is 3.57. The summed E-state index contributed by atoms with van der Waals surface area (Å²) in [7, 11) is 2.19. The zero-order chi connectivity index (χ0) is 9.56. The van der Waals surface area contributed by atoms with Crippen LogP contribution in [0.2, 0.25) is 0 Å². The SMILES string of the molecule is C=CC(C)N.CC1CCCN1C. The van der Waals surface area contributed by atoms with Gasteiger partial charge in [0.25, 0.3) is 0 Å². The van der Waals surface area contributed by atoms with Crippen LogP contribution in [0.15, 0.2) is 12.7 Å². The summed E-state index contributed by atoms with van der Waals surface area (Å²) < 4.78 is 0. The lowest BCUT2D eigenvalue weighted by molar-refractivity contribution is 0.331. The van der Waals surface area contributed by atoms with Crippen molar-refractivity contribution in [3.8, 4) is 0 Å². The molecule has 1 aliphatic heterocycles. The Morgan fingerprint density at radius 1 is 1.67 bits per heavy atom. The minimum atomic E-state index is 0.148. The Balaban J connectivity index is 0.000000217. The van der Waals surface area contributed by atoms with Crippen LogP contribution in [0.3, 0.4) is 0 Å². The average Bonchev–Trinajstić information content (AvgIpc) is 2.37. The molecule has 0 amide bonds. The molecule has 0 saturated carbocycles. The topological polar surface area (TPSA) is 29.3 Å². The Bertz CT molecular complexity index is 113. The van der Waals surface area contributed by atoms with E-state index in [1.807, 2.05) is 6.92 Å². The maximum absolute atomic E-state index is 5.17. The molecule has 2 heteroatoms. The third-order valence-electron chi connectivity index (χ3n) is 2.26. The van der Waals surface area contributed by atoms with Gasteiger partial charge in [-0.3, -0.25) is 0 Å². The molecule has 1 fully saturated rings. The van der Waals surface area contributed by atoms with Crippen molar-refractivity contribution in [2.24, 2.45) is 5.73 Å². The Labute approximate surface area is 76.4 Å². The van der Waals surface area contributed by atoms with Gasteiger partial charge in [0.1, 0.15) is 0 Å². The lowest BCUT2D eigenvalue weighted by Gasteiger charge is -2.12. The van der Waals surface area contributed by atoms with Crippen molar-refractivity contribution in [3.63, 3.8) is 0 Å². The van der Waals surface area contributed by atoms with Crippen molar-refractivity contribution in [1.29, 1.82) is 0 Å². The van der Waals surface area contributed by atoms with E-state index in [-0.39, 0.29) is 6.04 Å². The molecule has 12 heavy (non-hydrogen) atoms. The molecule has 1 rings (SSSR count). The van der Waals surface area contributed by atoms with Crippen LogP contribution < -0.4 is 5.73 Å². The Morgan fingerprint density at radius 2 is 2.17 bits per heavy atom. The van der Waals surface area contributed by atoms with Gasteiger partial charge in [-0.1, -0.05) is 6.08 Å². The molecule has 0 bridgehead atoms. The van der Waals surface area contributed by atoms with Gasteiger partial charge in [0.2, 0.25) is 0 Å². The van der Waals surface area contributed by atoms with E-state index in [1.54, 1.807) is 6.08 Å². The highest BCUT2D eigenvalue weighted by Crippen LogP contribution is 2.12. The smallest absolute Gasteiger partial charge is 0.0192 e. The van der Waals surface area contributed by atoms with Crippen molar-refractivity contribution >= 4 is 0 Å². The summed E-state index contributed by atoms with van der Waals surface area (Å²) in [6.07, 6.45) is 4.49. The number of hydrogen-bond acceptors (Lipinski definition) is 2. The number of likely N-dealkylation sites (tertiary alicyclic amines) is 1. The minimum Gasteiger partial charge on any atom is -0.325 e. The van der Waals surface area contributed by atoms with Crippen LogP contribution in [-0.4, -0.2) is 30.6 Å². The van der Waals surface area contributed by atoms with Crippen LogP contribution in [0.1, 0.15) is 26.7 Å². The zero-order valence-corrected chi connectivity index (χ0v) is 8.59. The summed E-state index contributed by atoms with van der Waals surface area (Å²) in [5, 5.41) is 0. The van der Waals surface area contributed by atoms with E-state index in [2.05, 4.69) is 25.5 Å². The molecule has 0 aromatic carbocycles. The molecule has 0 aromatic rings. The van der Waals surface area contributed by atoms with Crippen molar-refractivity contribution < 1.29 is 0 Å². The standard InChI is InChI=1S/C6H13N.C4H9N/c1-6-4-3-5-7(6)2;1-3-4(2)5/h6H,3-5H2,1-2H3;3-4H,1,5H2,2H3. The lowest BCUT2D eigenvalue weighted by Crippen LogP contribution is -2.20. The largest absolute Gasteiger partial charge is 0.325 e. The van der Waals surface area contributed by atoms with E-state index in [4.69, 9.17) is 5.73 Å². The number of nitrogens with zero attached hydrogens (tertiary/aromatic N) is 1. The maximum Gasteiger partial charge on any atom is 0.0192 e. The lowest BCUT2D eigenvalue weighted by atomic mass is 10.3. The van der Waals surface area contributed by atoms with Crippen LogP contribution in [0.25, 0.3) is 0 Å². The minimum absolute atomic E-state index is 0.148. The van der Waals surface area contributed by atoms with E-state index < -0.39 is 0 Å². The first-order chi connectivity index (χ1) is 5.57. The van der Waals surface area contributed by atoms with E-state index in [1.165, 1.54) is 19.4 Å². The third-order valence-corrected chi connectivity index (χ3v) is 2.26. The third kappa shape index (κ3) is 5.33. The summed E-state index contributed by atoms with van der Waals surface area (Å²) in [4.78, 5) is 2.40. The number of nitrogens with two attached hydrogens (primary N) is 1. The van der Waals surface area contributed by atoms with E-state index in [9.17, 15) is 0 Å². The highest BCUT2D eigenvalue weighted by molar-refractivity contribution is 4.76. The van der Waals surface area contributed by atoms with Gasteiger partial charge in [0.15, 0.2) is 0 Å². The molecule has 0 radical (unpaired) electrons. The fourth-order valence-corrected chi connectivity index (χ4v) is 1.08. The summed E-state index contributed by atoms with van der Waals surface area (Å²) in [5.74, 6) is 0. The maximum atomic E-state index is 5.17. The normalized spacial score (nSPS) is 25.8. The van der Waals surface area contributed by atoms with Crippen molar-refractivity contribution in [1.82, 2.24) is 4.90 Å². The first kappa shape index (κ1) is 11.7. The zero-order valence-electron chi connectivity index (χ0n) is 8.59. The van der Waals surface area contributed by atoms with Crippen LogP contribution in [-0.2, 0) is 0 Å². The van der Waals surface area contributed by atoms with Gasteiger partial charge in [-0.2, -0.15) is 0 Å². The Kier molecular flexibility index (Phi) is 6.03. The van der Waals surface area contributed by atoms with E-state index in [0.29, 0.717) is 0 Å². The predicted molar refractivity (Wildman–Crippen MR) is 55.2 cm³/mol. The predicted octanol–water partition coefficient (Wildman–Crippen LogP) is 1.62. The van der Waals surface area contributed by atoms with Crippen LogP contribution in [0, 0.1) is 0 Å². The second kappa shape index (κ2) is 6.21. The fraction of sp³-hybridized carbons (Fsp3) is 0.800. The molecular formula is C10H22N2. The summed E-state index contributed by atoms with van der Waals surface area (Å²) in [6, 6.07) is 0.995. The fourth-order valence-electron chi connectivity index (χ4n) is 1.08. The summed E-state index contributed by atoms with van der Waals surface area (Å²) in [6.45, 7) is 8.91. The molecule has 2 atom stereocenters. The Hall–Kier alpha value is -0.340. The van der Waals surface area contributed by atoms with Gasteiger partial charge in [-0.05, 0) is 40.3 Å².